The molecule has 122 valence electrons. The molecule has 2 N–H and O–H groups in total. The fraction of sp³-hybridized carbons (Fsp3) is 1.00. The quantitative estimate of drug-likeness (QED) is 0.592. The molecule has 0 amide bonds. The summed E-state index contributed by atoms with van der Waals surface area (Å²) in [6.45, 7) is 4.71. The first-order valence-corrected chi connectivity index (χ1v) is 8.62. The average Bonchev–Trinajstić information content (AvgIpc) is 2.28. The first-order chi connectivity index (χ1) is 9.04. The van der Waals surface area contributed by atoms with Crippen molar-refractivity contribution in [1.29, 1.82) is 0 Å². The van der Waals surface area contributed by atoms with Crippen molar-refractivity contribution in [2.45, 2.75) is 31.8 Å². The van der Waals surface area contributed by atoms with E-state index in [1.165, 1.54) is 7.05 Å². The minimum atomic E-state index is -4.33. The molecule has 0 aliphatic heterocycles. The molecule has 0 atom stereocenters. The molecule has 0 aromatic rings. The van der Waals surface area contributed by atoms with Crippen LogP contribution in [0.5, 0.6) is 0 Å². The van der Waals surface area contributed by atoms with Crippen LogP contribution in [0, 0.1) is 0 Å². The van der Waals surface area contributed by atoms with Crippen LogP contribution in [0.1, 0.15) is 20.3 Å². The van der Waals surface area contributed by atoms with Crippen LogP contribution in [0.3, 0.4) is 0 Å². The molecular formula is C10H22F3N3O2S2. The normalized spacial score (nSPS) is 13.4. The summed E-state index contributed by atoms with van der Waals surface area (Å²) < 4.78 is 62.2. The minimum absolute atomic E-state index is 0.245. The molecule has 0 spiro atoms. The maximum Gasteiger partial charge on any atom is 0.441 e. The lowest BCUT2D eigenvalue weighted by molar-refractivity contribution is -0.0327. The molecule has 5 nitrogen and oxygen atoms in total. The number of thioether (sulfide) groups is 1. The van der Waals surface area contributed by atoms with Crippen molar-refractivity contribution < 1.29 is 21.6 Å². The molecule has 0 rings (SSSR count). The molecule has 0 unspecified atom stereocenters. The van der Waals surface area contributed by atoms with Gasteiger partial charge >= 0.3 is 5.51 Å². The smallest absolute Gasteiger partial charge is 0.314 e. The Morgan fingerprint density at radius 3 is 2.35 bits per heavy atom. The number of nitrogens with one attached hydrogen (secondary N) is 2. The Morgan fingerprint density at radius 1 is 1.25 bits per heavy atom. The van der Waals surface area contributed by atoms with Crippen LogP contribution in [0.25, 0.3) is 0 Å². The second-order valence-electron chi connectivity index (χ2n) is 4.48. The Hall–Kier alpha value is -0.0300. The van der Waals surface area contributed by atoms with Gasteiger partial charge in [-0.05, 0) is 24.7 Å². The van der Waals surface area contributed by atoms with Crippen molar-refractivity contribution in [2.24, 2.45) is 0 Å². The number of halogens is 3. The van der Waals surface area contributed by atoms with Crippen LogP contribution >= 0.6 is 11.8 Å². The summed E-state index contributed by atoms with van der Waals surface area (Å²) in [4.78, 5) is 0. The zero-order chi connectivity index (χ0) is 15.8. The SMILES string of the molecule is CC(C)NCCCN(C)S(=O)(=O)NCCSC(F)(F)F. The summed E-state index contributed by atoms with van der Waals surface area (Å²) in [6, 6.07) is 0.328. The Bertz CT molecular complexity index is 361. The molecule has 0 bridgehead atoms. The summed E-state index contributed by atoms with van der Waals surface area (Å²) in [5, 5.41) is 3.15. The maximum absolute atomic E-state index is 11.9. The molecule has 0 aromatic carbocycles. The number of rotatable bonds is 10. The topological polar surface area (TPSA) is 61.4 Å². The summed E-state index contributed by atoms with van der Waals surface area (Å²) in [5.74, 6) is -0.342. The second kappa shape index (κ2) is 9.08. The van der Waals surface area contributed by atoms with E-state index in [0.29, 0.717) is 25.6 Å². The molecule has 0 heterocycles. The minimum Gasteiger partial charge on any atom is -0.314 e. The standard InChI is InChI=1S/C10H22F3N3O2S2/c1-9(2)14-5-4-7-16(3)20(17,18)15-6-8-19-10(11,12)13/h9,14-15H,4-8H2,1-3H3. The molecule has 0 saturated heterocycles. The van der Waals surface area contributed by atoms with Gasteiger partial charge in [0.05, 0.1) is 0 Å². The lowest BCUT2D eigenvalue weighted by Gasteiger charge is -2.18. The number of alkyl halides is 3. The molecule has 0 aliphatic carbocycles. The predicted molar refractivity (Wildman–Crippen MR) is 75.8 cm³/mol. The van der Waals surface area contributed by atoms with Crippen molar-refractivity contribution >= 4 is 22.0 Å². The van der Waals surface area contributed by atoms with E-state index in [-0.39, 0.29) is 24.1 Å². The van der Waals surface area contributed by atoms with Crippen LogP contribution in [0.15, 0.2) is 0 Å². The zero-order valence-corrected chi connectivity index (χ0v) is 13.5. The van der Waals surface area contributed by atoms with Gasteiger partial charge in [0.1, 0.15) is 0 Å². The van der Waals surface area contributed by atoms with Crippen molar-refractivity contribution in [3.05, 3.63) is 0 Å². The molecule has 0 aliphatic rings. The predicted octanol–water partition coefficient (Wildman–Crippen LogP) is 1.39. The van der Waals surface area contributed by atoms with E-state index in [0.717, 1.165) is 4.31 Å². The number of nitrogens with zero attached hydrogens (tertiary/aromatic N) is 1. The fourth-order valence-corrected chi connectivity index (χ4v) is 2.77. The number of hydrogen-bond acceptors (Lipinski definition) is 4. The highest BCUT2D eigenvalue weighted by Gasteiger charge is 2.27. The summed E-state index contributed by atoms with van der Waals surface area (Å²) in [6.07, 6.45) is 0.632. The van der Waals surface area contributed by atoms with Crippen LogP contribution < -0.4 is 10.0 Å². The Kier molecular flexibility index (Phi) is 9.07. The summed E-state index contributed by atoms with van der Waals surface area (Å²) in [7, 11) is -2.31. The van der Waals surface area contributed by atoms with Gasteiger partial charge in [-0.25, -0.2) is 4.72 Å². The van der Waals surface area contributed by atoms with Crippen LogP contribution in [-0.2, 0) is 10.2 Å². The maximum atomic E-state index is 11.9. The van der Waals surface area contributed by atoms with Gasteiger partial charge in [0.15, 0.2) is 0 Å². The van der Waals surface area contributed by atoms with E-state index < -0.39 is 15.7 Å². The van der Waals surface area contributed by atoms with Gasteiger partial charge in [-0.1, -0.05) is 13.8 Å². The van der Waals surface area contributed by atoms with Gasteiger partial charge in [-0.2, -0.15) is 25.9 Å². The lowest BCUT2D eigenvalue weighted by atomic mass is 10.3. The summed E-state index contributed by atoms with van der Waals surface area (Å²) in [5.41, 5.74) is -4.33. The van der Waals surface area contributed by atoms with E-state index in [1.807, 2.05) is 13.8 Å². The molecule has 0 radical (unpaired) electrons. The Balaban J connectivity index is 3.91. The first-order valence-electron chi connectivity index (χ1n) is 6.19. The Morgan fingerprint density at radius 2 is 1.85 bits per heavy atom. The van der Waals surface area contributed by atoms with Crippen LogP contribution in [0.4, 0.5) is 13.2 Å². The molecular weight excluding hydrogens is 315 g/mol. The van der Waals surface area contributed by atoms with E-state index >= 15 is 0 Å². The highest BCUT2D eigenvalue weighted by Crippen LogP contribution is 2.29. The van der Waals surface area contributed by atoms with Gasteiger partial charge in [0, 0.05) is 31.9 Å². The third kappa shape index (κ3) is 10.7. The van der Waals surface area contributed by atoms with E-state index in [1.54, 1.807) is 0 Å². The molecule has 10 heteroatoms. The van der Waals surface area contributed by atoms with Gasteiger partial charge in [-0.15, -0.1) is 0 Å². The third-order valence-electron chi connectivity index (χ3n) is 2.26. The highest BCUT2D eigenvalue weighted by atomic mass is 32.2. The molecule has 20 heavy (non-hydrogen) atoms. The van der Waals surface area contributed by atoms with Gasteiger partial charge in [0.2, 0.25) is 0 Å². The largest absolute Gasteiger partial charge is 0.441 e. The van der Waals surface area contributed by atoms with Crippen LogP contribution in [0.2, 0.25) is 0 Å². The molecule has 0 saturated carbocycles. The van der Waals surface area contributed by atoms with Crippen LogP contribution in [-0.4, -0.2) is 56.7 Å². The third-order valence-corrected chi connectivity index (χ3v) is 4.57. The Labute approximate surface area is 122 Å². The zero-order valence-electron chi connectivity index (χ0n) is 11.8. The van der Waals surface area contributed by atoms with Crippen molar-refractivity contribution in [1.82, 2.24) is 14.3 Å². The fourth-order valence-electron chi connectivity index (χ4n) is 1.26. The first kappa shape index (κ1) is 20.0. The van der Waals surface area contributed by atoms with E-state index in [4.69, 9.17) is 0 Å². The monoisotopic (exact) mass is 337 g/mol. The van der Waals surface area contributed by atoms with E-state index in [2.05, 4.69) is 10.0 Å². The average molecular weight is 337 g/mol. The van der Waals surface area contributed by atoms with Gasteiger partial charge in [0.25, 0.3) is 10.2 Å². The number of hydrogen-bond donors (Lipinski definition) is 2. The van der Waals surface area contributed by atoms with Crippen molar-refractivity contribution in [3.63, 3.8) is 0 Å². The molecule has 0 fully saturated rings. The van der Waals surface area contributed by atoms with Crippen molar-refractivity contribution in [3.8, 4) is 0 Å². The molecule has 0 aromatic heterocycles. The lowest BCUT2D eigenvalue weighted by Crippen LogP contribution is -2.40. The highest BCUT2D eigenvalue weighted by molar-refractivity contribution is 8.00. The second-order valence-corrected chi connectivity index (χ2v) is 7.50. The van der Waals surface area contributed by atoms with Gasteiger partial charge < -0.3 is 5.32 Å². The van der Waals surface area contributed by atoms with Crippen molar-refractivity contribution in [2.75, 3.05) is 32.4 Å². The van der Waals surface area contributed by atoms with Gasteiger partial charge in [-0.3, -0.25) is 0 Å². The van der Waals surface area contributed by atoms with E-state index in [9.17, 15) is 21.6 Å². The summed E-state index contributed by atoms with van der Waals surface area (Å²) >= 11 is -0.245.